The van der Waals surface area contributed by atoms with Crippen molar-refractivity contribution in [1.82, 2.24) is 5.32 Å². The van der Waals surface area contributed by atoms with E-state index in [-0.39, 0.29) is 0 Å². The predicted molar refractivity (Wildman–Crippen MR) is 69.8 cm³/mol. The molecule has 0 spiro atoms. The van der Waals surface area contributed by atoms with Crippen LogP contribution in [0.15, 0.2) is 36.6 Å². The van der Waals surface area contributed by atoms with Crippen LogP contribution in [0.4, 0.5) is 0 Å². The summed E-state index contributed by atoms with van der Waals surface area (Å²) in [6.45, 7) is 12.5. The van der Waals surface area contributed by atoms with Crippen LogP contribution in [0.1, 0.15) is 40.5 Å². The van der Waals surface area contributed by atoms with E-state index in [1.165, 1.54) is 12.8 Å². The normalized spacial score (nSPS) is 16.4. The van der Waals surface area contributed by atoms with Gasteiger partial charge in [0, 0.05) is 11.7 Å². The minimum atomic E-state index is 0.507. The Morgan fingerprint density at radius 2 is 2.07 bits per heavy atom. The molecule has 15 heavy (non-hydrogen) atoms. The van der Waals surface area contributed by atoms with Crippen LogP contribution in [0.5, 0.6) is 0 Å². The summed E-state index contributed by atoms with van der Waals surface area (Å²) in [5.41, 5.74) is 1.14. The molecule has 0 saturated heterocycles. The lowest BCUT2D eigenvalue weighted by molar-refractivity contribution is 0.402. The summed E-state index contributed by atoms with van der Waals surface area (Å²) < 4.78 is 0. The highest BCUT2D eigenvalue weighted by Gasteiger charge is 2.10. The van der Waals surface area contributed by atoms with Gasteiger partial charge in [-0.2, -0.15) is 0 Å². The Bertz CT molecular complexity index is 225. The highest BCUT2D eigenvalue weighted by molar-refractivity contribution is 5.21. The molecule has 0 aromatic rings. The zero-order valence-electron chi connectivity index (χ0n) is 10.6. The Hall–Kier alpha value is -0.980. The number of hydrogen-bond acceptors (Lipinski definition) is 1. The van der Waals surface area contributed by atoms with E-state index in [1.807, 2.05) is 25.2 Å². The van der Waals surface area contributed by atoms with Gasteiger partial charge in [-0.3, -0.25) is 0 Å². The fourth-order valence-electron chi connectivity index (χ4n) is 1.57. The topological polar surface area (TPSA) is 12.0 Å². The van der Waals surface area contributed by atoms with Gasteiger partial charge in [0.1, 0.15) is 0 Å². The second-order valence-corrected chi connectivity index (χ2v) is 4.06. The molecule has 1 nitrogen and oxygen atoms in total. The molecule has 0 bridgehead atoms. The summed E-state index contributed by atoms with van der Waals surface area (Å²) in [5, 5.41) is 3.51. The van der Waals surface area contributed by atoms with Gasteiger partial charge in [-0.15, -0.1) is 0 Å². The van der Waals surface area contributed by atoms with E-state index in [1.54, 1.807) is 0 Å². The van der Waals surface area contributed by atoms with E-state index in [0.29, 0.717) is 12.0 Å². The van der Waals surface area contributed by atoms with Crippen molar-refractivity contribution in [1.29, 1.82) is 0 Å². The lowest BCUT2D eigenvalue weighted by Gasteiger charge is -2.22. The zero-order valence-corrected chi connectivity index (χ0v) is 10.6. The second kappa shape index (κ2) is 8.34. The molecular weight excluding hydrogens is 182 g/mol. The zero-order chi connectivity index (χ0) is 11.7. The molecule has 1 N–H and O–H groups in total. The summed E-state index contributed by atoms with van der Waals surface area (Å²) >= 11 is 0. The Balaban J connectivity index is 4.27. The number of nitrogens with one attached hydrogen (secondary N) is 1. The van der Waals surface area contributed by atoms with Crippen LogP contribution in [0.3, 0.4) is 0 Å². The summed E-state index contributed by atoms with van der Waals surface area (Å²) in [4.78, 5) is 0. The van der Waals surface area contributed by atoms with Crippen LogP contribution in [0.25, 0.3) is 0 Å². The van der Waals surface area contributed by atoms with Gasteiger partial charge in [0.25, 0.3) is 0 Å². The number of rotatable bonds is 7. The van der Waals surface area contributed by atoms with Crippen LogP contribution in [-0.2, 0) is 0 Å². The summed E-state index contributed by atoms with van der Waals surface area (Å²) in [5.74, 6) is 0.702. The van der Waals surface area contributed by atoms with Crippen LogP contribution in [0.2, 0.25) is 0 Å². The van der Waals surface area contributed by atoms with Gasteiger partial charge in [-0.25, -0.2) is 0 Å². The second-order valence-electron chi connectivity index (χ2n) is 4.06. The molecule has 0 aliphatic carbocycles. The monoisotopic (exact) mass is 207 g/mol. The van der Waals surface area contributed by atoms with E-state index >= 15 is 0 Å². The van der Waals surface area contributed by atoms with Crippen molar-refractivity contribution < 1.29 is 0 Å². The van der Waals surface area contributed by atoms with Crippen molar-refractivity contribution >= 4 is 0 Å². The van der Waals surface area contributed by atoms with Gasteiger partial charge in [-0.05, 0) is 38.3 Å². The summed E-state index contributed by atoms with van der Waals surface area (Å²) in [6.07, 6.45) is 10.5. The molecule has 0 fully saturated rings. The van der Waals surface area contributed by atoms with Gasteiger partial charge in [0.2, 0.25) is 0 Å². The molecular formula is C14H25N. The Labute approximate surface area is 95.0 Å². The highest BCUT2D eigenvalue weighted by atomic mass is 14.9. The quantitative estimate of drug-likeness (QED) is 0.621. The molecule has 1 heteroatoms. The average molecular weight is 207 g/mol. The van der Waals surface area contributed by atoms with Crippen molar-refractivity contribution in [2.75, 3.05) is 0 Å². The van der Waals surface area contributed by atoms with Gasteiger partial charge >= 0.3 is 0 Å². The van der Waals surface area contributed by atoms with Gasteiger partial charge < -0.3 is 5.32 Å². The van der Waals surface area contributed by atoms with E-state index in [4.69, 9.17) is 0 Å². The Morgan fingerprint density at radius 3 is 2.53 bits per heavy atom. The molecule has 2 unspecified atom stereocenters. The maximum absolute atomic E-state index is 3.72. The number of allylic oxidation sites excluding steroid dienone is 4. The fraction of sp³-hybridized carbons (Fsp3) is 0.571. The lowest BCUT2D eigenvalue weighted by Crippen LogP contribution is -2.30. The van der Waals surface area contributed by atoms with Crippen LogP contribution in [0, 0.1) is 5.92 Å². The maximum atomic E-state index is 3.72. The van der Waals surface area contributed by atoms with Crippen molar-refractivity contribution in [2.24, 2.45) is 5.92 Å². The Morgan fingerprint density at radius 1 is 1.40 bits per heavy atom. The van der Waals surface area contributed by atoms with E-state index in [2.05, 4.69) is 38.7 Å². The first-order valence-corrected chi connectivity index (χ1v) is 5.87. The Kier molecular flexibility index (Phi) is 7.79. The molecule has 86 valence electrons. The third-order valence-corrected chi connectivity index (χ3v) is 2.64. The van der Waals surface area contributed by atoms with Crippen molar-refractivity contribution in [3.8, 4) is 0 Å². The molecule has 0 saturated carbocycles. The SMILES string of the molecule is C=C/C=C(\C=C/C)NC(C)C(C)CCC. The van der Waals surface area contributed by atoms with Crippen LogP contribution < -0.4 is 5.32 Å². The van der Waals surface area contributed by atoms with Crippen LogP contribution in [-0.4, -0.2) is 6.04 Å². The van der Waals surface area contributed by atoms with E-state index < -0.39 is 0 Å². The summed E-state index contributed by atoms with van der Waals surface area (Å²) in [7, 11) is 0. The number of hydrogen-bond donors (Lipinski definition) is 1. The smallest absolute Gasteiger partial charge is 0.0338 e. The van der Waals surface area contributed by atoms with Crippen molar-refractivity contribution in [3.05, 3.63) is 36.6 Å². The minimum Gasteiger partial charge on any atom is -0.382 e. The highest BCUT2D eigenvalue weighted by Crippen LogP contribution is 2.11. The standard InChI is InChI=1S/C14H25N/c1-6-9-12(4)13(5)15-14(10-7-2)11-8-3/h7-8,10-13,15H,2,6,9H2,1,3-5H3/b11-8-,14-10+. The molecule has 0 heterocycles. The molecule has 2 atom stereocenters. The van der Waals surface area contributed by atoms with Crippen molar-refractivity contribution in [2.45, 2.75) is 46.6 Å². The first kappa shape index (κ1) is 14.0. The first-order valence-electron chi connectivity index (χ1n) is 5.87. The average Bonchev–Trinajstić information content (AvgIpc) is 2.18. The molecule has 0 aliphatic heterocycles. The fourth-order valence-corrected chi connectivity index (χ4v) is 1.57. The third kappa shape index (κ3) is 6.16. The predicted octanol–water partition coefficient (Wildman–Crippen LogP) is 4.05. The lowest BCUT2D eigenvalue weighted by atomic mass is 9.98. The maximum Gasteiger partial charge on any atom is 0.0338 e. The first-order chi connectivity index (χ1) is 7.15. The van der Waals surface area contributed by atoms with Gasteiger partial charge in [0.15, 0.2) is 0 Å². The third-order valence-electron chi connectivity index (χ3n) is 2.64. The van der Waals surface area contributed by atoms with E-state index in [0.717, 1.165) is 5.70 Å². The van der Waals surface area contributed by atoms with Gasteiger partial charge in [0.05, 0.1) is 0 Å². The van der Waals surface area contributed by atoms with Crippen LogP contribution >= 0.6 is 0 Å². The largest absolute Gasteiger partial charge is 0.382 e. The molecule has 0 radical (unpaired) electrons. The molecule has 0 aliphatic rings. The molecule has 0 rings (SSSR count). The molecule has 0 aromatic heterocycles. The molecule has 0 amide bonds. The summed E-state index contributed by atoms with van der Waals surface area (Å²) in [6, 6.07) is 0.507. The van der Waals surface area contributed by atoms with E-state index in [9.17, 15) is 0 Å². The minimum absolute atomic E-state index is 0.507. The molecule has 0 aromatic carbocycles. The van der Waals surface area contributed by atoms with Crippen molar-refractivity contribution in [3.63, 3.8) is 0 Å². The van der Waals surface area contributed by atoms with Gasteiger partial charge in [-0.1, -0.05) is 39.0 Å².